The molecule has 7 heteroatoms. The molecule has 2 aliphatic heterocycles. The first-order chi connectivity index (χ1) is 16.5. The molecular formula is C27H31ClIN3O2. The molecule has 0 unspecified atom stereocenters. The van der Waals surface area contributed by atoms with Crippen LogP contribution >= 0.6 is 34.2 Å². The number of likely N-dealkylation sites (tertiary alicyclic amines) is 2. The van der Waals surface area contributed by atoms with Crippen LogP contribution in [-0.4, -0.2) is 50.7 Å². The summed E-state index contributed by atoms with van der Waals surface area (Å²) in [4.78, 5) is 35.0. The number of carbonyl (C=O) groups excluding carboxylic acids is 2. The number of benzene rings is 1. The van der Waals surface area contributed by atoms with Gasteiger partial charge in [0, 0.05) is 71.1 Å². The minimum atomic E-state index is -0.323. The molecule has 180 valence electrons. The van der Waals surface area contributed by atoms with E-state index in [1.807, 2.05) is 51.8 Å². The van der Waals surface area contributed by atoms with E-state index in [0.29, 0.717) is 17.5 Å². The van der Waals surface area contributed by atoms with Crippen molar-refractivity contribution in [3.05, 3.63) is 63.9 Å². The van der Waals surface area contributed by atoms with E-state index < -0.39 is 0 Å². The summed E-state index contributed by atoms with van der Waals surface area (Å²) in [5.41, 5.74) is 4.88. The maximum Gasteiger partial charge on any atom is 0.227 e. The lowest BCUT2D eigenvalue weighted by Crippen LogP contribution is -2.42. The number of carbonyl (C=O) groups is 2. The standard InChI is InChI=1S/C27H31ClIN3O2/c28-22-8-5-20(6-9-22)25(26(29)33)32-16-13-21(17-32)27(34)31-14-11-19(12-15-31)24-10-7-18-3-1-2-4-23(18)30-24/h5-10,19,21,25H,1-4,11-17H2/t21-,25+/m1/s1. The van der Waals surface area contributed by atoms with E-state index in [4.69, 9.17) is 16.6 Å². The Morgan fingerprint density at radius 2 is 1.71 bits per heavy atom. The molecule has 5 rings (SSSR count). The fourth-order valence-corrected chi connectivity index (χ4v) is 6.71. The number of nitrogens with zero attached hydrogens (tertiary/aromatic N) is 3. The maximum absolute atomic E-state index is 13.3. The van der Waals surface area contributed by atoms with Gasteiger partial charge in [0.2, 0.25) is 9.70 Å². The lowest BCUT2D eigenvalue weighted by atomic mass is 9.90. The van der Waals surface area contributed by atoms with Crippen LogP contribution in [-0.2, 0) is 22.4 Å². The Kier molecular flexibility index (Phi) is 7.56. The summed E-state index contributed by atoms with van der Waals surface area (Å²) in [6.45, 7) is 2.98. The molecule has 1 amide bonds. The number of rotatable bonds is 5. The van der Waals surface area contributed by atoms with Gasteiger partial charge in [-0.05, 0) is 74.3 Å². The molecule has 0 bridgehead atoms. The minimum absolute atomic E-state index is 0.0380. The highest BCUT2D eigenvalue weighted by Crippen LogP contribution is 2.34. The van der Waals surface area contributed by atoms with Gasteiger partial charge in [0.25, 0.3) is 0 Å². The third kappa shape index (κ3) is 5.19. The summed E-state index contributed by atoms with van der Waals surface area (Å²) < 4.78 is 0.0754. The Labute approximate surface area is 220 Å². The van der Waals surface area contributed by atoms with E-state index in [2.05, 4.69) is 17.0 Å². The van der Waals surface area contributed by atoms with Crippen LogP contribution in [0.4, 0.5) is 0 Å². The van der Waals surface area contributed by atoms with Crippen LogP contribution in [0.2, 0.25) is 5.02 Å². The number of amides is 1. The van der Waals surface area contributed by atoms with E-state index in [1.54, 1.807) is 0 Å². The lowest BCUT2D eigenvalue weighted by molar-refractivity contribution is -0.136. The SMILES string of the molecule is O=C(I)[C@H](c1ccc(Cl)cc1)N1CC[C@@H](C(=O)N2CCC(c3ccc4c(n3)CCCC4)CC2)C1. The molecule has 2 aromatic rings. The van der Waals surface area contributed by atoms with Crippen LogP contribution in [0.25, 0.3) is 0 Å². The highest BCUT2D eigenvalue weighted by molar-refractivity contribution is 14.1. The second kappa shape index (κ2) is 10.6. The number of hydrogen-bond donors (Lipinski definition) is 0. The average Bonchev–Trinajstić information content (AvgIpc) is 3.34. The normalized spacial score (nSPS) is 22.4. The van der Waals surface area contributed by atoms with Crippen LogP contribution < -0.4 is 0 Å². The zero-order valence-electron chi connectivity index (χ0n) is 19.4. The smallest absolute Gasteiger partial charge is 0.227 e. The van der Waals surface area contributed by atoms with Crippen molar-refractivity contribution in [1.82, 2.24) is 14.8 Å². The number of pyridine rings is 1. The Balaban J connectivity index is 1.18. The molecule has 0 saturated carbocycles. The summed E-state index contributed by atoms with van der Waals surface area (Å²) in [6, 6.07) is 11.7. The molecule has 3 aliphatic rings. The second-order valence-corrected chi connectivity index (χ2v) is 11.4. The quantitative estimate of drug-likeness (QED) is 0.348. The Morgan fingerprint density at radius 3 is 2.44 bits per heavy atom. The van der Waals surface area contributed by atoms with Crippen molar-refractivity contribution < 1.29 is 9.59 Å². The molecule has 3 heterocycles. The van der Waals surface area contributed by atoms with Crippen LogP contribution in [0.1, 0.15) is 66.6 Å². The third-order valence-electron chi connectivity index (χ3n) is 7.76. The summed E-state index contributed by atoms with van der Waals surface area (Å²) in [7, 11) is 0. The van der Waals surface area contributed by atoms with Crippen molar-refractivity contribution in [3.63, 3.8) is 0 Å². The first kappa shape index (κ1) is 24.2. The molecule has 1 aliphatic carbocycles. The number of piperidine rings is 1. The monoisotopic (exact) mass is 591 g/mol. The van der Waals surface area contributed by atoms with Gasteiger partial charge in [-0.2, -0.15) is 0 Å². The van der Waals surface area contributed by atoms with Gasteiger partial charge < -0.3 is 4.90 Å². The lowest BCUT2D eigenvalue weighted by Gasteiger charge is -2.34. The summed E-state index contributed by atoms with van der Waals surface area (Å²) in [5.74, 6) is 0.654. The van der Waals surface area contributed by atoms with E-state index in [0.717, 1.165) is 57.3 Å². The van der Waals surface area contributed by atoms with E-state index >= 15 is 0 Å². The third-order valence-corrected chi connectivity index (χ3v) is 8.60. The number of fused-ring (bicyclic) bond motifs is 1. The van der Waals surface area contributed by atoms with Gasteiger partial charge >= 0.3 is 0 Å². The van der Waals surface area contributed by atoms with Crippen LogP contribution in [0, 0.1) is 5.92 Å². The van der Waals surface area contributed by atoms with Crippen molar-refractivity contribution in [2.24, 2.45) is 5.92 Å². The minimum Gasteiger partial charge on any atom is -0.342 e. The van der Waals surface area contributed by atoms with E-state index in [9.17, 15) is 9.59 Å². The Hall–Kier alpha value is -1.51. The second-order valence-electron chi connectivity index (χ2n) is 9.89. The fourth-order valence-electron chi connectivity index (χ4n) is 5.83. The van der Waals surface area contributed by atoms with Crippen LogP contribution in [0.5, 0.6) is 0 Å². The van der Waals surface area contributed by atoms with Crippen molar-refractivity contribution in [2.75, 3.05) is 26.2 Å². The maximum atomic E-state index is 13.3. The van der Waals surface area contributed by atoms with E-state index in [-0.39, 0.29) is 21.7 Å². The van der Waals surface area contributed by atoms with Crippen molar-refractivity contribution >= 4 is 43.9 Å². The number of aromatic nitrogens is 1. The Bertz CT molecular complexity index is 1050. The molecule has 5 nitrogen and oxygen atoms in total. The molecule has 2 saturated heterocycles. The molecule has 0 spiro atoms. The van der Waals surface area contributed by atoms with Crippen molar-refractivity contribution in [3.8, 4) is 0 Å². The molecule has 1 aromatic heterocycles. The summed E-state index contributed by atoms with van der Waals surface area (Å²) >= 11 is 7.91. The largest absolute Gasteiger partial charge is 0.342 e. The zero-order chi connectivity index (χ0) is 23.7. The van der Waals surface area contributed by atoms with Crippen LogP contribution in [0.15, 0.2) is 36.4 Å². The van der Waals surface area contributed by atoms with Gasteiger partial charge in [-0.15, -0.1) is 0 Å². The molecule has 1 aromatic carbocycles. The molecule has 0 N–H and O–H groups in total. The zero-order valence-corrected chi connectivity index (χ0v) is 22.3. The molecular weight excluding hydrogens is 561 g/mol. The van der Waals surface area contributed by atoms with Gasteiger partial charge in [-0.25, -0.2) is 0 Å². The van der Waals surface area contributed by atoms with Gasteiger partial charge in [0.15, 0.2) is 0 Å². The predicted molar refractivity (Wildman–Crippen MR) is 142 cm³/mol. The highest BCUT2D eigenvalue weighted by Gasteiger charge is 2.38. The van der Waals surface area contributed by atoms with E-state index in [1.165, 1.54) is 29.8 Å². The van der Waals surface area contributed by atoms with Crippen molar-refractivity contribution in [1.29, 1.82) is 0 Å². The molecule has 2 fully saturated rings. The van der Waals surface area contributed by atoms with Gasteiger partial charge in [-0.3, -0.25) is 19.5 Å². The first-order valence-corrected chi connectivity index (χ1v) is 13.9. The van der Waals surface area contributed by atoms with Gasteiger partial charge in [0.05, 0.1) is 5.92 Å². The number of hydrogen-bond acceptors (Lipinski definition) is 4. The number of aryl methyl sites for hydroxylation is 2. The molecule has 2 atom stereocenters. The fraction of sp³-hybridized carbons (Fsp3) is 0.519. The van der Waals surface area contributed by atoms with Crippen molar-refractivity contribution in [2.45, 2.75) is 56.9 Å². The van der Waals surface area contributed by atoms with Crippen LogP contribution in [0.3, 0.4) is 0 Å². The van der Waals surface area contributed by atoms with Gasteiger partial charge in [-0.1, -0.05) is 29.8 Å². The molecule has 0 radical (unpaired) electrons. The number of halogens is 2. The van der Waals surface area contributed by atoms with Gasteiger partial charge in [0.1, 0.15) is 6.04 Å². The summed E-state index contributed by atoms with van der Waals surface area (Å²) in [5, 5.41) is 0.659. The predicted octanol–water partition coefficient (Wildman–Crippen LogP) is 5.34. The highest BCUT2D eigenvalue weighted by atomic mass is 127. The first-order valence-electron chi connectivity index (χ1n) is 12.5. The molecule has 34 heavy (non-hydrogen) atoms. The topological polar surface area (TPSA) is 53.5 Å². The Morgan fingerprint density at radius 1 is 0.971 bits per heavy atom. The average molecular weight is 592 g/mol. The summed E-state index contributed by atoms with van der Waals surface area (Å²) in [6.07, 6.45) is 7.56.